The van der Waals surface area contributed by atoms with Gasteiger partial charge in [-0.2, -0.15) is 5.10 Å². The number of unbranched alkanes of at least 4 members (excludes halogenated alkanes) is 15. The van der Waals surface area contributed by atoms with Gasteiger partial charge in [0.2, 0.25) is 0 Å². The first kappa shape index (κ1) is 45.4. The predicted molar refractivity (Wildman–Crippen MR) is 229 cm³/mol. The van der Waals surface area contributed by atoms with Gasteiger partial charge in [0.25, 0.3) is 0 Å². The summed E-state index contributed by atoms with van der Waals surface area (Å²) >= 11 is 0. The van der Waals surface area contributed by atoms with Crippen LogP contribution in [0.25, 0.3) is 16.9 Å². The molecule has 0 bridgehead atoms. The van der Waals surface area contributed by atoms with Crippen LogP contribution in [0.3, 0.4) is 0 Å². The quantitative estimate of drug-likeness (QED) is 0.0364. The number of benzene rings is 3. The minimum absolute atomic E-state index is 0.00620. The standard InChI is InChI=1S/C25H54N.C24H18N2O3/c1-5-8-11-14-17-20-23-26(4,24-21-18-15-12-9-6-2)25-22-19-16-13-10-7-3;1-16-21(23(27)17-10-4-2-5-11-17)22(19-14-8-9-15-20(19)24(28)29)26(25-16)18-12-6-3-7-13-18/h5-25H2,1-4H3;2-15H,1H3,(H,28,29)/q+1;/p-1. The van der Waals surface area contributed by atoms with Gasteiger partial charge in [-0.25, -0.2) is 4.68 Å². The molecular formula is C49H71N3O3. The van der Waals surface area contributed by atoms with E-state index >= 15 is 0 Å². The summed E-state index contributed by atoms with van der Waals surface area (Å²) in [6.07, 6.45) is 25.9. The van der Waals surface area contributed by atoms with Crippen molar-refractivity contribution in [1.82, 2.24) is 9.78 Å². The number of ketones is 1. The summed E-state index contributed by atoms with van der Waals surface area (Å²) < 4.78 is 2.97. The Kier molecular flexibility index (Phi) is 21.4. The highest BCUT2D eigenvalue weighted by atomic mass is 16.4. The molecule has 4 aromatic rings. The zero-order chi connectivity index (χ0) is 39.7. The Balaban J connectivity index is 0.000000298. The molecule has 300 valence electrons. The third kappa shape index (κ3) is 15.6. The summed E-state index contributed by atoms with van der Waals surface area (Å²) in [4.78, 5) is 25.1. The lowest BCUT2D eigenvalue weighted by Crippen LogP contribution is -2.46. The highest BCUT2D eigenvalue weighted by Gasteiger charge is 2.26. The van der Waals surface area contributed by atoms with Gasteiger partial charge in [0.1, 0.15) is 0 Å². The highest BCUT2D eigenvalue weighted by molar-refractivity contribution is 6.14. The van der Waals surface area contributed by atoms with Crippen LogP contribution in [0.1, 0.15) is 168 Å². The molecule has 0 aliphatic heterocycles. The van der Waals surface area contributed by atoms with Gasteiger partial charge in [0, 0.05) is 16.7 Å². The fourth-order valence-electron chi connectivity index (χ4n) is 7.56. The van der Waals surface area contributed by atoms with E-state index in [1.54, 1.807) is 54.1 Å². The van der Waals surface area contributed by atoms with Crippen molar-refractivity contribution in [2.24, 2.45) is 0 Å². The third-order valence-electron chi connectivity index (χ3n) is 10.9. The topological polar surface area (TPSA) is 75.0 Å². The molecule has 1 aromatic heterocycles. The highest BCUT2D eigenvalue weighted by Crippen LogP contribution is 2.33. The zero-order valence-electron chi connectivity index (χ0n) is 35.0. The maximum absolute atomic E-state index is 13.4. The van der Waals surface area contributed by atoms with Crippen molar-refractivity contribution in [2.75, 3.05) is 26.7 Å². The molecule has 0 aliphatic carbocycles. The molecule has 0 saturated carbocycles. The molecule has 0 amide bonds. The molecule has 3 aromatic carbocycles. The van der Waals surface area contributed by atoms with Gasteiger partial charge in [0.05, 0.1) is 55.3 Å². The van der Waals surface area contributed by atoms with E-state index in [0.29, 0.717) is 28.1 Å². The van der Waals surface area contributed by atoms with Crippen molar-refractivity contribution >= 4 is 11.8 Å². The van der Waals surface area contributed by atoms with E-state index in [4.69, 9.17) is 0 Å². The summed E-state index contributed by atoms with van der Waals surface area (Å²) in [7, 11) is 2.56. The van der Waals surface area contributed by atoms with E-state index in [1.807, 2.05) is 36.4 Å². The molecule has 0 fully saturated rings. The van der Waals surface area contributed by atoms with Crippen LogP contribution in [0.5, 0.6) is 0 Å². The number of aromatic carboxylic acids is 1. The monoisotopic (exact) mass is 750 g/mol. The Bertz CT molecular complexity index is 1610. The van der Waals surface area contributed by atoms with Crippen LogP contribution in [0.2, 0.25) is 0 Å². The van der Waals surface area contributed by atoms with Crippen molar-refractivity contribution in [3.05, 3.63) is 107 Å². The molecule has 6 heteroatoms. The first-order valence-corrected chi connectivity index (χ1v) is 21.6. The van der Waals surface area contributed by atoms with Crippen LogP contribution in [0.4, 0.5) is 0 Å². The van der Waals surface area contributed by atoms with E-state index in [9.17, 15) is 14.7 Å². The van der Waals surface area contributed by atoms with Crippen LogP contribution in [-0.2, 0) is 0 Å². The average molecular weight is 750 g/mol. The van der Waals surface area contributed by atoms with Crippen molar-refractivity contribution in [3.8, 4) is 16.9 Å². The first-order chi connectivity index (χ1) is 26.8. The van der Waals surface area contributed by atoms with Gasteiger partial charge in [-0.05, 0) is 57.6 Å². The van der Waals surface area contributed by atoms with E-state index in [0.717, 1.165) is 5.69 Å². The minimum atomic E-state index is -1.31. The molecule has 0 aliphatic rings. The van der Waals surface area contributed by atoms with Gasteiger partial charge in [-0.1, -0.05) is 171 Å². The maximum atomic E-state index is 13.4. The molecule has 6 nitrogen and oxygen atoms in total. The summed E-state index contributed by atoms with van der Waals surface area (Å²) in [5.41, 5.74) is 2.95. The molecule has 0 N–H and O–H groups in total. The largest absolute Gasteiger partial charge is 0.545 e. The lowest BCUT2D eigenvalue weighted by atomic mass is 9.95. The molecule has 0 spiro atoms. The fraction of sp³-hybridized carbons (Fsp3) is 0.531. The second-order valence-electron chi connectivity index (χ2n) is 15.7. The number of nitrogens with zero attached hydrogens (tertiary/aromatic N) is 3. The van der Waals surface area contributed by atoms with Crippen LogP contribution in [0, 0.1) is 6.92 Å². The number of carboxylic acids is 1. The number of aryl methyl sites for hydroxylation is 1. The van der Waals surface area contributed by atoms with E-state index in [-0.39, 0.29) is 11.3 Å². The van der Waals surface area contributed by atoms with Gasteiger partial charge in [0.15, 0.2) is 5.78 Å². The Morgan fingerprint density at radius 1 is 0.582 bits per heavy atom. The molecule has 0 atom stereocenters. The Hall–Kier alpha value is -4.03. The number of rotatable bonds is 26. The van der Waals surface area contributed by atoms with Crippen molar-refractivity contribution in [1.29, 1.82) is 0 Å². The SMILES string of the molecule is CCCCCCCC[N+](C)(CCCCCCCC)CCCCCCCC.Cc1nn(-c2ccccc2)c(-c2ccccc2C(=O)[O-])c1C(=O)c1ccccc1. The van der Waals surface area contributed by atoms with Crippen LogP contribution in [-0.4, -0.2) is 52.7 Å². The molecular weight excluding hydrogens is 679 g/mol. The lowest BCUT2D eigenvalue weighted by molar-refractivity contribution is -0.910. The summed E-state index contributed by atoms with van der Waals surface area (Å²) in [5, 5.41) is 16.4. The summed E-state index contributed by atoms with van der Waals surface area (Å²) in [6.45, 7) is 13.0. The lowest BCUT2D eigenvalue weighted by Gasteiger charge is -2.35. The van der Waals surface area contributed by atoms with E-state index in [1.165, 1.54) is 146 Å². The molecule has 0 unspecified atom stereocenters. The van der Waals surface area contributed by atoms with Gasteiger partial charge in [-0.3, -0.25) is 4.79 Å². The van der Waals surface area contributed by atoms with E-state index < -0.39 is 5.97 Å². The molecule has 55 heavy (non-hydrogen) atoms. The first-order valence-electron chi connectivity index (χ1n) is 21.6. The molecule has 0 saturated heterocycles. The number of carbonyl (C=O) groups is 2. The summed E-state index contributed by atoms with van der Waals surface area (Å²) in [5.74, 6) is -1.52. The second-order valence-corrected chi connectivity index (χ2v) is 15.7. The number of hydrogen-bond acceptors (Lipinski definition) is 4. The van der Waals surface area contributed by atoms with E-state index in [2.05, 4.69) is 32.9 Å². The van der Waals surface area contributed by atoms with Crippen molar-refractivity contribution in [3.63, 3.8) is 0 Å². The minimum Gasteiger partial charge on any atom is -0.545 e. The second kappa shape index (κ2) is 25.9. The van der Waals surface area contributed by atoms with Crippen LogP contribution < -0.4 is 5.11 Å². The maximum Gasteiger partial charge on any atom is 0.197 e. The number of carbonyl (C=O) groups excluding carboxylic acids is 2. The van der Waals surface area contributed by atoms with Crippen molar-refractivity contribution < 1.29 is 19.2 Å². The number of quaternary nitrogens is 1. The van der Waals surface area contributed by atoms with Gasteiger partial charge >= 0.3 is 0 Å². The third-order valence-corrected chi connectivity index (χ3v) is 10.9. The Labute approximate surface area is 334 Å². The van der Waals surface area contributed by atoms with Crippen LogP contribution in [0.15, 0.2) is 84.9 Å². The molecule has 1 heterocycles. The average Bonchev–Trinajstić information content (AvgIpc) is 3.56. The normalized spacial score (nSPS) is 11.3. The molecule has 4 rings (SSSR count). The van der Waals surface area contributed by atoms with Gasteiger partial charge < -0.3 is 14.4 Å². The Morgan fingerprint density at radius 2 is 1.00 bits per heavy atom. The molecule has 0 radical (unpaired) electrons. The smallest absolute Gasteiger partial charge is 0.197 e. The van der Waals surface area contributed by atoms with Crippen molar-refractivity contribution in [2.45, 2.75) is 143 Å². The number of hydrogen-bond donors (Lipinski definition) is 0. The number of aromatic nitrogens is 2. The number of para-hydroxylation sites is 1. The predicted octanol–water partition coefficient (Wildman–Crippen LogP) is 12.0. The Morgan fingerprint density at radius 3 is 1.47 bits per heavy atom. The zero-order valence-corrected chi connectivity index (χ0v) is 35.0. The number of carboxylic acid groups (broad SMARTS) is 1. The van der Waals surface area contributed by atoms with Crippen LogP contribution >= 0.6 is 0 Å². The summed E-state index contributed by atoms with van der Waals surface area (Å²) in [6, 6.07) is 24.7. The fourth-order valence-corrected chi connectivity index (χ4v) is 7.56. The van der Waals surface area contributed by atoms with Gasteiger partial charge in [-0.15, -0.1) is 0 Å².